The maximum absolute atomic E-state index is 5.48. The topological polar surface area (TPSA) is 45.8 Å². The van der Waals surface area contributed by atoms with Crippen molar-refractivity contribution in [2.75, 3.05) is 45.3 Å². The Hall–Kier alpha value is -1.67. The van der Waals surface area contributed by atoms with Crippen LogP contribution in [0.15, 0.2) is 41.8 Å². The highest BCUT2D eigenvalue weighted by Gasteiger charge is 2.23. The van der Waals surface area contributed by atoms with Crippen molar-refractivity contribution in [2.24, 2.45) is 0 Å². The van der Waals surface area contributed by atoms with E-state index in [9.17, 15) is 0 Å². The molecule has 1 aliphatic rings. The van der Waals surface area contributed by atoms with E-state index in [-0.39, 0.29) is 0 Å². The van der Waals surface area contributed by atoms with E-state index >= 15 is 0 Å². The van der Waals surface area contributed by atoms with Crippen molar-refractivity contribution < 1.29 is 9.47 Å². The third-order valence-corrected chi connectivity index (χ3v) is 5.38. The van der Waals surface area contributed by atoms with Crippen LogP contribution in [0, 0.1) is 0 Å². The number of morpholine rings is 1. The van der Waals surface area contributed by atoms with E-state index in [1.807, 2.05) is 24.3 Å². The van der Waals surface area contributed by atoms with Crippen LogP contribution in [0.3, 0.4) is 0 Å². The van der Waals surface area contributed by atoms with Gasteiger partial charge in [-0.25, -0.2) is 0 Å². The van der Waals surface area contributed by atoms with Gasteiger partial charge in [-0.1, -0.05) is 6.07 Å². The van der Waals surface area contributed by atoms with Gasteiger partial charge in [0.1, 0.15) is 5.75 Å². The van der Waals surface area contributed by atoms with Crippen LogP contribution in [-0.2, 0) is 4.74 Å². The van der Waals surface area contributed by atoms with Gasteiger partial charge in [-0.3, -0.25) is 4.90 Å². The molecule has 0 unspecified atom stereocenters. The fourth-order valence-electron chi connectivity index (χ4n) is 2.82. The van der Waals surface area contributed by atoms with E-state index in [0.717, 1.165) is 44.3 Å². The van der Waals surface area contributed by atoms with Crippen molar-refractivity contribution in [3.63, 3.8) is 0 Å². The van der Waals surface area contributed by atoms with Gasteiger partial charge in [0, 0.05) is 30.2 Å². The van der Waals surface area contributed by atoms with Gasteiger partial charge in [-0.2, -0.15) is 0 Å². The molecule has 25 heavy (non-hydrogen) atoms. The second kappa shape index (κ2) is 9.15. The fourth-order valence-corrected chi connectivity index (χ4v) is 3.88. The number of nitrogens with one attached hydrogen (secondary N) is 2. The predicted octanol–water partition coefficient (Wildman–Crippen LogP) is 3.12. The van der Waals surface area contributed by atoms with Crippen LogP contribution in [0.5, 0.6) is 5.75 Å². The van der Waals surface area contributed by atoms with Gasteiger partial charge in [-0.15, -0.1) is 11.3 Å². The number of hydrogen-bond acceptors (Lipinski definition) is 5. The summed E-state index contributed by atoms with van der Waals surface area (Å²) in [5.74, 6) is 0.828. The molecule has 3 rings (SSSR count). The first kappa shape index (κ1) is 18.1. The number of anilines is 1. The first-order chi connectivity index (χ1) is 12.3. The SMILES string of the molecule is COc1ccc(NC(=S)NC[C@H](c2cccs2)N2CCOCC2)cc1. The van der Waals surface area contributed by atoms with E-state index in [0.29, 0.717) is 11.2 Å². The molecule has 7 heteroatoms. The normalized spacial score (nSPS) is 16.2. The Kier molecular flexibility index (Phi) is 6.63. The number of rotatable bonds is 6. The second-order valence-electron chi connectivity index (χ2n) is 5.74. The summed E-state index contributed by atoms with van der Waals surface area (Å²) >= 11 is 7.24. The average Bonchev–Trinajstić information content (AvgIpc) is 3.18. The van der Waals surface area contributed by atoms with Crippen molar-refractivity contribution >= 4 is 34.4 Å². The number of thiocarbonyl (C=S) groups is 1. The molecule has 2 aromatic rings. The number of nitrogens with zero attached hydrogens (tertiary/aromatic N) is 1. The van der Waals surface area contributed by atoms with Crippen LogP contribution >= 0.6 is 23.6 Å². The Balaban J connectivity index is 1.57. The van der Waals surface area contributed by atoms with Crippen molar-refractivity contribution in [3.8, 4) is 5.75 Å². The minimum Gasteiger partial charge on any atom is -0.497 e. The first-order valence-electron chi connectivity index (χ1n) is 8.30. The third kappa shape index (κ3) is 5.15. The molecule has 1 aliphatic heterocycles. The molecule has 1 atom stereocenters. The maximum atomic E-state index is 5.48. The molecule has 1 aromatic carbocycles. The molecule has 2 N–H and O–H groups in total. The summed E-state index contributed by atoms with van der Waals surface area (Å²) in [6.07, 6.45) is 0. The summed E-state index contributed by atoms with van der Waals surface area (Å²) in [7, 11) is 1.66. The Labute approximate surface area is 157 Å². The maximum Gasteiger partial charge on any atom is 0.170 e. The second-order valence-corrected chi connectivity index (χ2v) is 7.13. The van der Waals surface area contributed by atoms with E-state index in [2.05, 4.69) is 33.0 Å². The molecular weight excluding hydrogens is 354 g/mol. The monoisotopic (exact) mass is 377 g/mol. The summed E-state index contributed by atoms with van der Waals surface area (Å²) < 4.78 is 10.7. The van der Waals surface area contributed by atoms with Crippen LogP contribution in [0.1, 0.15) is 10.9 Å². The number of hydrogen-bond donors (Lipinski definition) is 2. The quantitative estimate of drug-likeness (QED) is 0.755. The first-order valence-corrected chi connectivity index (χ1v) is 9.59. The average molecular weight is 378 g/mol. The summed E-state index contributed by atoms with van der Waals surface area (Å²) in [6, 6.07) is 12.3. The standard InChI is InChI=1S/C18H23N3O2S2/c1-22-15-6-4-14(5-7-15)20-18(24)19-13-16(17-3-2-12-25-17)21-8-10-23-11-9-21/h2-7,12,16H,8-11,13H2,1H3,(H2,19,20,24)/t16-/m1/s1. The van der Waals surface area contributed by atoms with Gasteiger partial charge in [0.2, 0.25) is 0 Å². The minimum atomic E-state index is 0.305. The Morgan fingerprint density at radius 3 is 2.68 bits per heavy atom. The van der Waals surface area contributed by atoms with E-state index in [1.54, 1.807) is 18.4 Å². The molecule has 0 bridgehead atoms. The lowest BCUT2D eigenvalue weighted by Gasteiger charge is -2.34. The molecule has 1 fully saturated rings. The highest BCUT2D eigenvalue weighted by molar-refractivity contribution is 7.80. The van der Waals surface area contributed by atoms with Crippen LogP contribution in [0.25, 0.3) is 0 Å². The number of ether oxygens (including phenoxy) is 2. The number of thiophene rings is 1. The van der Waals surface area contributed by atoms with E-state index in [4.69, 9.17) is 21.7 Å². The highest BCUT2D eigenvalue weighted by Crippen LogP contribution is 2.25. The Morgan fingerprint density at radius 2 is 2.04 bits per heavy atom. The molecule has 5 nitrogen and oxygen atoms in total. The van der Waals surface area contributed by atoms with Crippen molar-refractivity contribution in [1.29, 1.82) is 0 Å². The zero-order valence-corrected chi connectivity index (χ0v) is 15.9. The summed E-state index contributed by atoms with van der Waals surface area (Å²) in [6.45, 7) is 4.24. The van der Waals surface area contributed by atoms with Gasteiger partial charge in [-0.05, 0) is 47.9 Å². The Bertz CT molecular complexity index is 655. The number of methoxy groups -OCH3 is 1. The molecule has 2 heterocycles. The minimum absolute atomic E-state index is 0.305. The molecule has 0 radical (unpaired) electrons. The van der Waals surface area contributed by atoms with Gasteiger partial charge in [0.15, 0.2) is 5.11 Å². The molecule has 134 valence electrons. The van der Waals surface area contributed by atoms with Crippen molar-refractivity contribution in [1.82, 2.24) is 10.2 Å². The molecule has 1 saturated heterocycles. The van der Waals surface area contributed by atoms with Crippen LogP contribution < -0.4 is 15.4 Å². The van der Waals surface area contributed by atoms with Crippen LogP contribution in [0.2, 0.25) is 0 Å². The molecule has 0 spiro atoms. The summed E-state index contributed by atoms with van der Waals surface area (Å²) in [4.78, 5) is 3.81. The lowest BCUT2D eigenvalue weighted by Crippen LogP contribution is -2.44. The van der Waals surface area contributed by atoms with Gasteiger partial charge >= 0.3 is 0 Å². The fraction of sp³-hybridized carbons (Fsp3) is 0.389. The largest absolute Gasteiger partial charge is 0.497 e. The number of benzene rings is 1. The van der Waals surface area contributed by atoms with Gasteiger partial charge < -0.3 is 20.1 Å². The zero-order valence-electron chi connectivity index (χ0n) is 14.2. The molecule has 0 saturated carbocycles. The molecule has 0 aliphatic carbocycles. The lowest BCUT2D eigenvalue weighted by atomic mass is 10.2. The van der Waals surface area contributed by atoms with Gasteiger partial charge in [0.05, 0.1) is 26.4 Å². The predicted molar refractivity (Wildman–Crippen MR) is 107 cm³/mol. The van der Waals surface area contributed by atoms with Crippen LogP contribution in [0.4, 0.5) is 5.69 Å². The van der Waals surface area contributed by atoms with Crippen molar-refractivity contribution in [3.05, 3.63) is 46.7 Å². The van der Waals surface area contributed by atoms with E-state index in [1.165, 1.54) is 4.88 Å². The Morgan fingerprint density at radius 1 is 1.28 bits per heavy atom. The summed E-state index contributed by atoms with van der Waals surface area (Å²) in [5.41, 5.74) is 0.942. The smallest absolute Gasteiger partial charge is 0.170 e. The molecule has 0 amide bonds. The lowest BCUT2D eigenvalue weighted by molar-refractivity contribution is 0.0177. The van der Waals surface area contributed by atoms with Crippen LogP contribution in [-0.4, -0.2) is 50.0 Å². The third-order valence-electron chi connectivity index (χ3n) is 4.16. The van der Waals surface area contributed by atoms with Crippen molar-refractivity contribution in [2.45, 2.75) is 6.04 Å². The highest BCUT2D eigenvalue weighted by atomic mass is 32.1. The zero-order chi connectivity index (χ0) is 17.5. The van der Waals surface area contributed by atoms with E-state index < -0.39 is 0 Å². The van der Waals surface area contributed by atoms with Gasteiger partial charge in [0.25, 0.3) is 0 Å². The summed E-state index contributed by atoms with van der Waals surface area (Å²) in [5, 5.41) is 9.33. The molecular formula is C18H23N3O2S2. The molecule has 1 aromatic heterocycles.